The molecule has 4 heterocycles. The molecule has 14 nitrogen and oxygen atoms in total. The molecular weight excluding hydrogens is 819 g/mol. The zero-order chi connectivity index (χ0) is 45.5. The first-order valence-corrected chi connectivity index (χ1v) is 22.5. The van der Waals surface area contributed by atoms with Gasteiger partial charge in [0.15, 0.2) is 0 Å². The van der Waals surface area contributed by atoms with Gasteiger partial charge in [0, 0.05) is 89.9 Å². The first-order valence-electron chi connectivity index (χ1n) is 22.5. The Hall–Kier alpha value is -6.06. The minimum atomic E-state index is 0.626. The summed E-state index contributed by atoms with van der Waals surface area (Å²) in [6.45, 7) is 11.9. The lowest BCUT2D eigenvalue weighted by atomic mass is 10.1. The molecule has 0 N–H and O–H groups in total. The Labute approximate surface area is 385 Å². The van der Waals surface area contributed by atoms with Crippen molar-refractivity contribution < 1.29 is 23.0 Å². The van der Waals surface area contributed by atoms with Gasteiger partial charge in [0.1, 0.15) is 24.0 Å². The Bertz CT molecular complexity index is 2350. The topological polar surface area (TPSA) is 102 Å². The van der Waals surface area contributed by atoms with Crippen LogP contribution in [0.1, 0.15) is 33.6 Å². The van der Waals surface area contributed by atoms with Gasteiger partial charge in [-0.2, -0.15) is 9.97 Å². The van der Waals surface area contributed by atoms with Crippen LogP contribution in [0.3, 0.4) is 0 Å². The summed E-state index contributed by atoms with van der Waals surface area (Å²) < 4.78 is 28.2. The highest BCUT2D eigenvalue weighted by atomic mass is 16.5. The number of morpholine rings is 1. The van der Waals surface area contributed by atoms with E-state index in [0.717, 1.165) is 99.6 Å². The lowest BCUT2D eigenvalue weighted by Gasteiger charge is -2.34. The average molecular weight is 886 g/mol. The van der Waals surface area contributed by atoms with Crippen molar-refractivity contribution in [1.82, 2.24) is 24.7 Å². The van der Waals surface area contributed by atoms with Crippen LogP contribution in [0.2, 0.25) is 0 Å². The number of oxazole rings is 2. The molecule has 65 heavy (non-hydrogen) atoms. The molecule has 2 aliphatic rings. The van der Waals surface area contributed by atoms with Gasteiger partial charge in [-0.05, 0) is 106 Å². The number of likely N-dealkylation sites (N-methyl/N-ethyl adjacent to an activating group) is 1. The van der Waals surface area contributed by atoms with Crippen LogP contribution in [0.4, 0.5) is 23.4 Å². The second-order valence-corrected chi connectivity index (χ2v) is 17.4. The number of methoxy groups -OCH3 is 2. The van der Waals surface area contributed by atoms with E-state index in [9.17, 15) is 0 Å². The predicted molar refractivity (Wildman–Crippen MR) is 259 cm³/mol. The van der Waals surface area contributed by atoms with E-state index in [0.29, 0.717) is 38.2 Å². The van der Waals surface area contributed by atoms with Crippen LogP contribution >= 0.6 is 0 Å². The van der Waals surface area contributed by atoms with Gasteiger partial charge >= 0.3 is 0 Å². The number of hydrogen-bond donors (Lipinski definition) is 0. The lowest BCUT2D eigenvalue weighted by Crippen LogP contribution is -2.44. The molecule has 0 saturated carbocycles. The summed E-state index contributed by atoms with van der Waals surface area (Å²) in [5.41, 5.74) is 9.10. The van der Waals surface area contributed by atoms with Crippen LogP contribution < -0.4 is 29.1 Å². The highest BCUT2D eigenvalue weighted by Crippen LogP contribution is 2.27. The highest BCUT2D eigenvalue weighted by Gasteiger charge is 2.20. The van der Waals surface area contributed by atoms with Crippen molar-refractivity contribution in [3.63, 3.8) is 0 Å². The smallest absolute Gasteiger partial charge is 0.298 e. The molecule has 0 spiro atoms. The molecule has 2 saturated heterocycles. The first kappa shape index (κ1) is 46.9. The van der Waals surface area contributed by atoms with Crippen LogP contribution in [-0.2, 0) is 44.0 Å². The van der Waals surface area contributed by atoms with Crippen LogP contribution in [0.15, 0.2) is 118 Å². The van der Waals surface area contributed by atoms with Crippen molar-refractivity contribution in [1.29, 1.82) is 0 Å². The molecule has 6 aromatic rings. The molecule has 0 atom stereocenters. The standard InChI is InChI=1S/C26H35N5O2.C25H32N4O3/c1-28(2)19-23-20-33-26(27-23)31(18-22-8-6-10-25(16-22)32-4)17-21-7-5-9-24(15-21)30-13-11-29(3)12-14-30;1-27(2)18-22-19-32-25(26-22)29(17-21-7-5-9-24(15-21)30-3)16-20-6-4-8-23(14-20)28-10-12-31-13-11-28/h5-10,15-16,20H,11-14,17-19H2,1-4H3;4-9,14-15,19H,10-13,16-18H2,1-3H3. The molecule has 0 amide bonds. The Balaban J connectivity index is 0.000000194. The van der Waals surface area contributed by atoms with Crippen molar-refractivity contribution in [2.45, 2.75) is 39.3 Å². The van der Waals surface area contributed by atoms with Crippen LogP contribution in [0.25, 0.3) is 0 Å². The summed E-state index contributed by atoms with van der Waals surface area (Å²) >= 11 is 0. The van der Waals surface area contributed by atoms with Gasteiger partial charge in [-0.3, -0.25) is 0 Å². The van der Waals surface area contributed by atoms with Gasteiger partial charge in [0.25, 0.3) is 12.0 Å². The fourth-order valence-electron chi connectivity index (χ4n) is 8.07. The molecule has 4 aromatic carbocycles. The fraction of sp³-hybridized carbons (Fsp3) is 0.412. The molecule has 2 fully saturated rings. The fourth-order valence-corrected chi connectivity index (χ4v) is 8.07. The van der Waals surface area contributed by atoms with Gasteiger partial charge in [-0.15, -0.1) is 0 Å². The zero-order valence-electron chi connectivity index (χ0n) is 39.4. The molecule has 346 valence electrons. The van der Waals surface area contributed by atoms with E-state index in [1.54, 1.807) is 26.7 Å². The van der Waals surface area contributed by atoms with E-state index in [1.165, 1.54) is 22.5 Å². The van der Waals surface area contributed by atoms with E-state index in [2.05, 4.69) is 114 Å². The van der Waals surface area contributed by atoms with Gasteiger partial charge in [-0.1, -0.05) is 48.5 Å². The molecule has 0 unspecified atom stereocenters. The maximum absolute atomic E-state index is 5.93. The summed E-state index contributed by atoms with van der Waals surface area (Å²) in [5, 5.41) is 0. The molecule has 2 aliphatic heterocycles. The third kappa shape index (κ3) is 14.0. The molecule has 0 radical (unpaired) electrons. The summed E-state index contributed by atoms with van der Waals surface area (Å²) in [6.07, 6.45) is 3.51. The van der Waals surface area contributed by atoms with Crippen molar-refractivity contribution in [2.75, 3.05) is 122 Å². The van der Waals surface area contributed by atoms with E-state index < -0.39 is 0 Å². The molecule has 14 heteroatoms. The van der Waals surface area contributed by atoms with Crippen molar-refractivity contribution >= 4 is 23.4 Å². The third-order valence-corrected chi connectivity index (χ3v) is 11.4. The van der Waals surface area contributed by atoms with Crippen molar-refractivity contribution in [2.24, 2.45) is 0 Å². The Morgan fingerprint density at radius 2 is 0.908 bits per heavy atom. The maximum Gasteiger partial charge on any atom is 0.298 e. The molecule has 8 rings (SSSR count). The number of benzene rings is 4. The van der Waals surface area contributed by atoms with Crippen LogP contribution in [0, 0.1) is 0 Å². The van der Waals surface area contributed by atoms with Crippen LogP contribution in [-0.4, -0.2) is 127 Å². The lowest BCUT2D eigenvalue weighted by molar-refractivity contribution is 0.122. The molecule has 0 bridgehead atoms. The number of piperazine rings is 1. The van der Waals surface area contributed by atoms with E-state index in [-0.39, 0.29) is 0 Å². The van der Waals surface area contributed by atoms with Gasteiger partial charge in [0.2, 0.25) is 0 Å². The zero-order valence-corrected chi connectivity index (χ0v) is 39.4. The molecule has 0 aliphatic carbocycles. The number of anilines is 4. The SMILES string of the molecule is COc1cccc(CN(Cc2cccc(N3CCN(C)CC3)c2)c2nc(CN(C)C)co2)c1.COc1cccc(CN(Cc2cccc(N3CCOCC3)c2)c2nc(CN(C)C)co2)c1. The second-order valence-electron chi connectivity index (χ2n) is 17.4. The van der Waals surface area contributed by atoms with Crippen molar-refractivity contribution in [3.05, 3.63) is 143 Å². The Morgan fingerprint density at radius 1 is 0.508 bits per heavy atom. The van der Waals surface area contributed by atoms with E-state index in [1.807, 2.05) is 52.5 Å². The Kier molecular flexibility index (Phi) is 16.8. The Morgan fingerprint density at radius 3 is 1.32 bits per heavy atom. The summed E-state index contributed by atoms with van der Waals surface area (Å²) in [4.78, 5) is 25.3. The largest absolute Gasteiger partial charge is 0.497 e. The number of nitrogens with zero attached hydrogens (tertiary/aromatic N) is 9. The minimum Gasteiger partial charge on any atom is -0.497 e. The predicted octanol–water partition coefficient (Wildman–Crippen LogP) is 7.49. The highest BCUT2D eigenvalue weighted by molar-refractivity contribution is 5.51. The molecular formula is C51H67N9O5. The van der Waals surface area contributed by atoms with Crippen LogP contribution in [0.5, 0.6) is 11.5 Å². The quantitative estimate of drug-likeness (QED) is 0.0852. The normalized spacial score (nSPS) is 14.4. The van der Waals surface area contributed by atoms with Gasteiger partial charge in [-0.25, -0.2) is 0 Å². The first-order chi connectivity index (χ1) is 31.6. The van der Waals surface area contributed by atoms with Crippen molar-refractivity contribution in [3.8, 4) is 11.5 Å². The van der Waals surface area contributed by atoms with E-state index >= 15 is 0 Å². The van der Waals surface area contributed by atoms with E-state index in [4.69, 9.17) is 33.0 Å². The number of ether oxygens (including phenoxy) is 3. The summed E-state index contributed by atoms with van der Waals surface area (Å²) in [7, 11) is 13.7. The maximum atomic E-state index is 5.93. The van der Waals surface area contributed by atoms with Gasteiger partial charge in [0.05, 0.1) is 38.8 Å². The number of aromatic nitrogens is 2. The average Bonchev–Trinajstić information content (AvgIpc) is 3.99. The summed E-state index contributed by atoms with van der Waals surface area (Å²) in [5.74, 6) is 1.70. The monoisotopic (exact) mass is 886 g/mol. The summed E-state index contributed by atoms with van der Waals surface area (Å²) in [6, 6.07) is 35.1. The number of rotatable bonds is 18. The molecule has 2 aromatic heterocycles. The second kappa shape index (κ2) is 23.2. The minimum absolute atomic E-state index is 0.626. The number of hydrogen-bond acceptors (Lipinski definition) is 14. The van der Waals surface area contributed by atoms with Gasteiger partial charge < -0.3 is 57.3 Å². The third-order valence-electron chi connectivity index (χ3n) is 11.4.